The van der Waals surface area contributed by atoms with Crippen LogP contribution in [0.15, 0.2) is 9.79 Å². The van der Waals surface area contributed by atoms with Crippen LogP contribution in [0.1, 0.15) is 32.0 Å². The largest absolute Gasteiger partial charge is 0.357 e. The summed E-state index contributed by atoms with van der Waals surface area (Å²) in [4.78, 5) is 16.6. The third-order valence-electron chi connectivity index (χ3n) is 3.53. The minimum atomic E-state index is 0. The summed E-state index contributed by atoms with van der Waals surface area (Å²) in [5.41, 5.74) is 0.0102. The molecule has 1 aromatic heterocycles. The molecule has 128 valence electrons. The zero-order valence-electron chi connectivity index (χ0n) is 13.5. The van der Waals surface area contributed by atoms with Crippen LogP contribution in [0.25, 0.3) is 0 Å². The van der Waals surface area contributed by atoms with Gasteiger partial charge in [-0.2, -0.15) is 5.10 Å². The highest BCUT2D eigenvalue weighted by Crippen LogP contribution is 2.09. The summed E-state index contributed by atoms with van der Waals surface area (Å²) in [5, 5.41) is 10.6. The summed E-state index contributed by atoms with van der Waals surface area (Å²) >= 11 is 0. The Morgan fingerprint density at radius 2 is 2.26 bits per heavy atom. The number of guanidine groups is 1. The molecule has 0 aromatic carbocycles. The molecule has 7 nitrogen and oxygen atoms in total. The first-order valence-electron chi connectivity index (χ1n) is 7.88. The monoisotopic (exact) mass is 432 g/mol. The summed E-state index contributed by atoms with van der Waals surface area (Å²) in [6.07, 6.45) is 9.08. The van der Waals surface area contributed by atoms with Gasteiger partial charge in [0.2, 0.25) is 0 Å². The Labute approximate surface area is 154 Å². The van der Waals surface area contributed by atoms with E-state index in [4.69, 9.17) is 6.42 Å². The standard InChI is InChI=1S/C15H24N6O.HI/c1-3-9-17-14(16-4-2)18-10-7-12-21-15(22)20-11-6-5-8-13(20)19-21;/h1H,4-12H2,2H3,(H2,16,17,18);1H. The summed E-state index contributed by atoms with van der Waals surface area (Å²) in [6, 6.07) is 0. The molecule has 2 rings (SSSR count). The quantitative estimate of drug-likeness (QED) is 0.227. The van der Waals surface area contributed by atoms with Crippen LogP contribution in [0.3, 0.4) is 0 Å². The Balaban J connectivity index is 0.00000264. The topological polar surface area (TPSA) is 76.2 Å². The number of rotatable bonds is 6. The fourth-order valence-electron chi connectivity index (χ4n) is 2.48. The average Bonchev–Trinajstić information content (AvgIpc) is 2.86. The second kappa shape index (κ2) is 10.3. The summed E-state index contributed by atoms with van der Waals surface area (Å²) in [7, 11) is 0. The lowest BCUT2D eigenvalue weighted by Crippen LogP contribution is -2.37. The molecule has 0 bridgehead atoms. The van der Waals surface area contributed by atoms with E-state index in [2.05, 4.69) is 26.6 Å². The summed E-state index contributed by atoms with van der Waals surface area (Å²) in [5.74, 6) is 4.14. The first kappa shape index (κ1) is 19.5. The molecule has 2 heterocycles. The van der Waals surface area contributed by atoms with Crippen molar-refractivity contribution >= 4 is 29.9 Å². The molecule has 23 heavy (non-hydrogen) atoms. The van der Waals surface area contributed by atoms with E-state index in [-0.39, 0.29) is 29.7 Å². The van der Waals surface area contributed by atoms with E-state index in [0.29, 0.717) is 25.6 Å². The van der Waals surface area contributed by atoms with Crippen molar-refractivity contribution in [2.24, 2.45) is 4.99 Å². The van der Waals surface area contributed by atoms with E-state index in [9.17, 15) is 4.79 Å². The predicted octanol–water partition coefficient (Wildman–Crippen LogP) is 0.577. The molecule has 0 aliphatic carbocycles. The fourth-order valence-corrected chi connectivity index (χ4v) is 2.48. The van der Waals surface area contributed by atoms with Crippen LogP contribution in [0, 0.1) is 12.3 Å². The number of fused-ring (bicyclic) bond motifs is 1. The third-order valence-corrected chi connectivity index (χ3v) is 3.53. The number of halogens is 1. The molecular formula is C15H25IN6O. The molecule has 2 N–H and O–H groups in total. The van der Waals surface area contributed by atoms with Gasteiger partial charge in [-0.15, -0.1) is 30.4 Å². The molecule has 1 aliphatic heterocycles. The van der Waals surface area contributed by atoms with Gasteiger partial charge in [0, 0.05) is 32.6 Å². The summed E-state index contributed by atoms with van der Waals surface area (Å²) in [6.45, 7) is 5.24. The Hall–Kier alpha value is -1.50. The first-order valence-corrected chi connectivity index (χ1v) is 7.88. The molecule has 0 amide bonds. The van der Waals surface area contributed by atoms with Crippen molar-refractivity contribution in [2.75, 3.05) is 19.6 Å². The van der Waals surface area contributed by atoms with Gasteiger partial charge in [-0.3, -0.25) is 9.56 Å². The second-order valence-corrected chi connectivity index (χ2v) is 5.20. The average molecular weight is 432 g/mol. The molecule has 8 heteroatoms. The van der Waals surface area contributed by atoms with Crippen molar-refractivity contribution < 1.29 is 0 Å². The van der Waals surface area contributed by atoms with Crippen LogP contribution in [0.4, 0.5) is 0 Å². The van der Waals surface area contributed by atoms with E-state index in [0.717, 1.165) is 44.6 Å². The van der Waals surface area contributed by atoms with Crippen LogP contribution in [-0.2, 0) is 19.5 Å². The van der Waals surface area contributed by atoms with Crippen molar-refractivity contribution in [3.63, 3.8) is 0 Å². The van der Waals surface area contributed by atoms with Crippen LogP contribution in [0.5, 0.6) is 0 Å². The van der Waals surface area contributed by atoms with Crippen LogP contribution in [-0.4, -0.2) is 39.9 Å². The minimum Gasteiger partial charge on any atom is -0.357 e. The zero-order chi connectivity index (χ0) is 15.8. The molecule has 0 fully saturated rings. The van der Waals surface area contributed by atoms with Gasteiger partial charge in [-0.1, -0.05) is 5.92 Å². The normalized spacial score (nSPS) is 13.7. The van der Waals surface area contributed by atoms with Gasteiger partial charge >= 0.3 is 5.69 Å². The van der Waals surface area contributed by atoms with Gasteiger partial charge < -0.3 is 10.6 Å². The van der Waals surface area contributed by atoms with Crippen LogP contribution >= 0.6 is 24.0 Å². The highest BCUT2D eigenvalue weighted by atomic mass is 127. The van der Waals surface area contributed by atoms with Crippen molar-refractivity contribution in [3.05, 3.63) is 16.3 Å². The number of aliphatic imine (C=N–C) groups is 1. The molecule has 0 saturated carbocycles. The molecule has 1 aliphatic rings. The van der Waals surface area contributed by atoms with Crippen molar-refractivity contribution in [3.8, 4) is 12.3 Å². The molecular weight excluding hydrogens is 407 g/mol. The second-order valence-electron chi connectivity index (χ2n) is 5.20. The Morgan fingerprint density at radius 3 is 2.96 bits per heavy atom. The molecule has 0 atom stereocenters. The van der Waals surface area contributed by atoms with Crippen molar-refractivity contribution in [2.45, 2.75) is 45.7 Å². The molecule has 0 unspecified atom stereocenters. The number of aromatic nitrogens is 3. The Kier molecular flexibility index (Phi) is 8.76. The van der Waals surface area contributed by atoms with Crippen LogP contribution in [0.2, 0.25) is 0 Å². The van der Waals surface area contributed by atoms with Gasteiger partial charge in [0.1, 0.15) is 5.82 Å². The first-order chi connectivity index (χ1) is 10.8. The summed E-state index contributed by atoms with van der Waals surface area (Å²) < 4.78 is 3.36. The number of hydrogen-bond donors (Lipinski definition) is 2. The predicted molar refractivity (Wildman–Crippen MR) is 102 cm³/mol. The SMILES string of the molecule is C#CCNC(=NCCCn1nc2n(c1=O)CCCC2)NCC.I. The smallest absolute Gasteiger partial charge is 0.345 e. The molecule has 0 radical (unpaired) electrons. The van der Waals surface area contributed by atoms with E-state index in [1.165, 1.54) is 0 Å². The number of hydrogen-bond acceptors (Lipinski definition) is 3. The Morgan fingerprint density at radius 1 is 1.43 bits per heavy atom. The van der Waals surface area contributed by atoms with Crippen molar-refractivity contribution in [1.29, 1.82) is 0 Å². The zero-order valence-corrected chi connectivity index (χ0v) is 15.9. The van der Waals surface area contributed by atoms with Gasteiger partial charge in [0.25, 0.3) is 0 Å². The van der Waals surface area contributed by atoms with E-state index in [1.807, 2.05) is 6.92 Å². The number of nitrogens with one attached hydrogen (secondary N) is 2. The third kappa shape index (κ3) is 5.57. The number of nitrogens with zero attached hydrogens (tertiary/aromatic N) is 4. The van der Waals surface area contributed by atoms with Crippen molar-refractivity contribution in [1.82, 2.24) is 25.0 Å². The molecule has 0 saturated heterocycles. The maximum atomic E-state index is 12.2. The molecule has 0 spiro atoms. The van der Waals surface area contributed by atoms with E-state index in [1.54, 1.807) is 9.25 Å². The highest BCUT2D eigenvalue weighted by Gasteiger charge is 2.15. The van der Waals surface area contributed by atoms with Gasteiger partial charge in [-0.25, -0.2) is 9.48 Å². The maximum Gasteiger partial charge on any atom is 0.345 e. The van der Waals surface area contributed by atoms with E-state index >= 15 is 0 Å². The minimum absolute atomic E-state index is 0. The number of terminal acetylenes is 1. The fraction of sp³-hybridized carbons (Fsp3) is 0.667. The lowest BCUT2D eigenvalue weighted by molar-refractivity contribution is 0.509. The van der Waals surface area contributed by atoms with Gasteiger partial charge in [0.15, 0.2) is 5.96 Å². The van der Waals surface area contributed by atoms with Crippen LogP contribution < -0.4 is 16.3 Å². The number of aryl methyl sites for hydroxylation is 2. The highest BCUT2D eigenvalue weighted by molar-refractivity contribution is 14.0. The lowest BCUT2D eigenvalue weighted by atomic mass is 10.2. The Bertz CT molecular complexity index is 612. The van der Waals surface area contributed by atoms with Gasteiger partial charge in [-0.05, 0) is 26.2 Å². The maximum absolute atomic E-state index is 12.2. The molecule has 1 aromatic rings. The lowest BCUT2D eigenvalue weighted by Gasteiger charge is -2.09. The van der Waals surface area contributed by atoms with Gasteiger partial charge in [0.05, 0.1) is 6.54 Å². The van der Waals surface area contributed by atoms with E-state index < -0.39 is 0 Å².